The van der Waals surface area contributed by atoms with E-state index in [2.05, 4.69) is 15.6 Å². The molecule has 2 aromatic carbocycles. The van der Waals surface area contributed by atoms with Crippen LogP contribution >= 0.6 is 0 Å². The fraction of sp³-hybridized carbons (Fsp3) is 0.250. The van der Waals surface area contributed by atoms with Crippen molar-refractivity contribution in [2.75, 3.05) is 19.0 Å². The molecule has 3 N–H and O–H groups in total. The first-order valence-electron chi connectivity index (χ1n) is 11.0. The third-order valence-corrected chi connectivity index (χ3v) is 6.46. The van der Waals surface area contributed by atoms with Gasteiger partial charge in [-0.2, -0.15) is 5.26 Å². The molecular formula is C24H26N6O6S. The number of benzene rings is 2. The average Bonchev–Trinajstić information content (AvgIpc) is 3.27. The van der Waals surface area contributed by atoms with E-state index in [9.17, 15) is 23.3 Å². The van der Waals surface area contributed by atoms with Crippen LogP contribution in [0.25, 0.3) is 5.69 Å². The summed E-state index contributed by atoms with van der Waals surface area (Å²) in [6.07, 6.45) is 1.30. The molecule has 3 rings (SSSR count). The van der Waals surface area contributed by atoms with Crippen LogP contribution in [0.5, 0.6) is 5.75 Å². The highest BCUT2D eigenvalue weighted by atomic mass is 32.2. The van der Waals surface area contributed by atoms with Crippen molar-refractivity contribution in [1.82, 2.24) is 19.6 Å². The van der Waals surface area contributed by atoms with E-state index in [0.29, 0.717) is 11.4 Å². The Morgan fingerprint density at radius 3 is 2.32 bits per heavy atom. The normalized spacial score (nSPS) is 12.6. The minimum atomic E-state index is -4.22. The number of hydrogen-bond donors (Lipinski definition) is 3. The Hall–Kier alpha value is -4.41. The number of urea groups is 1. The van der Waals surface area contributed by atoms with Crippen LogP contribution < -0.4 is 20.1 Å². The lowest BCUT2D eigenvalue weighted by Gasteiger charge is -2.26. The van der Waals surface area contributed by atoms with Crippen LogP contribution in [0.3, 0.4) is 0 Å². The molecule has 3 aromatic rings. The second kappa shape index (κ2) is 11.1. The van der Waals surface area contributed by atoms with Crippen LogP contribution in [0, 0.1) is 18.3 Å². The van der Waals surface area contributed by atoms with Gasteiger partial charge < -0.3 is 14.8 Å². The van der Waals surface area contributed by atoms with Gasteiger partial charge in [0, 0.05) is 19.2 Å². The number of nitrogens with one attached hydrogen (secondary N) is 3. The number of nitriles is 1. The zero-order valence-electron chi connectivity index (χ0n) is 20.6. The van der Waals surface area contributed by atoms with E-state index in [1.807, 2.05) is 10.8 Å². The maximum Gasteiger partial charge on any atom is 0.334 e. The van der Waals surface area contributed by atoms with E-state index in [1.165, 1.54) is 37.1 Å². The number of carbonyl (C=O) groups is 2. The van der Waals surface area contributed by atoms with E-state index in [-0.39, 0.29) is 23.0 Å². The Labute approximate surface area is 214 Å². The summed E-state index contributed by atoms with van der Waals surface area (Å²) in [6, 6.07) is 13.3. The maximum atomic E-state index is 12.9. The Kier molecular flexibility index (Phi) is 8.16. The third-order valence-electron chi connectivity index (χ3n) is 5.11. The Morgan fingerprint density at radius 1 is 1.14 bits per heavy atom. The van der Waals surface area contributed by atoms with Gasteiger partial charge in [0.05, 0.1) is 12.0 Å². The maximum absolute atomic E-state index is 12.9. The van der Waals surface area contributed by atoms with E-state index in [1.54, 1.807) is 50.2 Å². The summed E-state index contributed by atoms with van der Waals surface area (Å²) < 4.78 is 39.6. The van der Waals surface area contributed by atoms with Gasteiger partial charge in [-0.1, -0.05) is 17.7 Å². The number of ether oxygens (including phenoxy) is 2. The quantitative estimate of drug-likeness (QED) is 0.358. The van der Waals surface area contributed by atoms with Crippen molar-refractivity contribution >= 4 is 27.8 Å². The van der Waals surface area contributed by atoms with Gasteiger partial charge in [-0.25, -0.2) is 22.9 Å². The topological polar surface area (TPSA) is 164 Å². The molecule has 194 valence electrons. The first-order chi connectivity index (χ1) is 17.5. The second-order valence-corrected chi connectivity index (χ2v) is 9.47. The van der Waals surface area contributed by atoms with Crippen molar-refractivity contribution in [2.45, 2.75) is 31.4 Å². The predicted molar refractivity (Wildman–Crippen MR) is 133 cm³/mol. The SMILES string of the molecule is CCOC(C#N)(NC(C)=O)c1ncn(-c2ccc(OC)cc2)c1NC(=O)NS(=O)(=O)c1ccc(C)cc1. The van der Waals surface area contributed by atoms with Gasteiger partial charge in [-0.15, -0.1) is 0 Å². The molecule has 3 amide bonds. The van der Waals surface area contributed by atoms with Crippen LogP contribution in [-0.2, 0) is 25.3 Å². The Morgan fingerprint density at radius 2 is 1.78 bits per heavy atom. The predicted octanol–water partition coefficient (Wildman–Crippen LogP) is 2.55. The van der Waals surface area contributed by atoms with Crippen LogP contribution in [0.4, 0.5) is 10.6 Å². The average molecular weight is 527 g/mol. The monoisotopic (exact) mass is 526 g/mol. The summed E-state index contributed by atoms with van der Waals surface area (Å²) >= 11 is 0. The first-order valence-corrected chi connectivity index (χ1v) is 12.5. The molecule has 0 fully saturated rings. The molecule has 0 spiro atoms. The molecule has 0 aliphatic rings. The van der Waals surface area contributed by atoms with Gasteiger partial charge >= 0.3 is 6.03 Å². The number of rotatable bonds is 9. The zero-order valence-corrected chi connectivity index (χ0v) is 21.4. The Bertz CT molecular complexity index is 1430. The summed E-state index contributed by atoms with van der Waals surface area (Å²) in [5, 5.41) is 14.9. The first kappa shape index (κ1) is 27.2. The highest BCUT2D eigenvalue weighted by Crippen LogP contribution is 2.31. The number of anilines is 1. The van der Waals surface area contributed by atoms with E-state index in [4.69, 9.17) is 9.47 Å². The van der Waals surface area contributed by atoms with E-state index >= 15 is 0 Å². The molecule has 0 saturated heterocycles. The molecule has 1 unspecified atom stereocenters. The summed E-state index contributed by atoms with van der Waals surface area (Å²) in [5.41, 5.74) is -0.900. The van der Waals surface area contributed by atoms with Crippen LogP contribution in [0.1, 0.15) is 25.1 Å². The third kappa shape index (κ3) is 6.05. The van der Waals surface area contributed by atoms with Crippen LogP contribution in [0.15, 0.2) is 59.8 Å². The van der Waals surface area contributed by atoms with Crippen molar-refractivity contribution < 1.29 is 27.5 Å². The number of hydrogen-bond acceptors (Lipinski definition) is 8. The summed E-state index contributed by atoms with van der Waals surface area (Å²) in [4.78, 5) is 29.0. The van der Waals surface area contributed by atoms with Crippen molar-refractivity contribution in [1.29, 1.82) is 5.26 Å². The standard InChI is InChI=1S/C24H26N6O6S/c1-5-36-24(14-25,28-17(3)31)21-22(30(15-26-21)18-8-10-19(35-4)11-9-18)27-23(32)29-37(33,34)20-12-6-16(2)7-13-20/h6-13,15H,5H2,1-4H3,(H,28,31)(H2,27,29,32). The fourth-order valence-corrected chi connectivity index (χ4v) is 4.34. The molecule has 1 heterocycles. The molecule has 0 aliphatic carbocycles. The lowest BCUT2D eigenvalue weighted by molar-refractivity contribution is -0.127. The van der Waals surface area contributed by atoms with Gasteiger partial charge in [0.1, 0.15) is 24.0 Å². The van der Waals surface area contributed by atoms with Crippen molar-refractivity contribution in [3.05, 3.63) is 66.1 Å². The van der Waals surface area contributed by atoms with Gasteiger partial charge in [-0.05, 0) is 50.2 Å². The fourth-order valence-electron chi connectivity index (χ4n) is 3.44. The van der Waals surface area contributed by atoms with Gasteiger partial charge in [0.2, 0.25) is 5.91 Å². The zero-order chi connectivity index (χ0) is 27.2. The number of amides is 3. The van der Waals surface area contributed by atoms with Gasteiger partial charge in [0.15, 0.2) is 5.69 Å². The summed E-state index contributed by atoms with van der Waals surface area (Å²) in [6.45, 7) is 4.62. The number of sulfonamides is 1. The minimum Gasteiger partial charge on any atom is -0.497 e. The Balaban J connectivity index is 2.08. The second-order valence-electron chi connectivity index (χ2n) is 7.79. The number of imidazole rings is 1. The summed E-state index contributed by atoms with van der Waals surface area (Å²) in [7, 11) is -2.72. The molecule has 1 aromatic heterocycles. The number of carbonyl (C=O) groups excluding carboxylic acids is 2. The molecule has 0 bridgehead atoms. The minimum absolute atomic E-state index is 0.0106. The number of aryl methyl sites for hydroxylation is 1. The molecule has 37 heavy (non-hydrogen) atoms. The van der Waals surface area contributed by atoms with Crippen LogP contribution in [0.2, 0.25) is 0 Å². The lowest BCUT2D eigenvalue weighted by atomic mass is 10.1. The number of methoxy groups -OCH3 is 1. The molecule has 12 nitrogen and oxygen atoms in total. The van der Waals surface area contributed by atoms with Crippen LogP contribution in [-0.4, -0.2) is 43.6 Å². The van der Waals surface area contributed by atoms with Gasteiger partial charge in [-0.3, -0.25) is 14.7 Å². The van der Waals surface area contributed by atoms with Crippen molar-refractivity contribution in [3.8, 4) is 17.5 Å². The highest BCUT2D eigenvalue weighted by molar-refractivity contribution is 7.90. The molecular weight excluding hydrogens is 500 g/mol. The molecule has 13 heteroatoms. The largest absolute Gasteiger partial charge is 0.497 e. The molecule has 0 saturated carbocycles. The number of aromatic nitrogens is 2. The number of nitrogens with zero attached hydrogens (tertiary/aromatic N) is 3. The van der Waals surface area contributed by atoms with Crippen molar-refractivity contribution in [3.63, 3.8) is 0 Å². The highest BCUT2D eigenvalue weighted by Gasteiger charge is 2.41. The van der Waals surface area contributed by atoms with E-state index < -0.39 is 27.7 Å². The molecule has 0 aliphatic heterocycles. The molecule has 0 radical (unpaired) electrons. The smallest absolute Gasteiger partial charge is 0.334 e. The van der Waals surface area contributed by atoms with E-state index in [0.717, 1.165) is 5.56 Å². The molecule has 1 atom stereocenters. The lowest BCUT2D eigenvalue weighted by Crippen LogP contribution is -2.47. The van der Waals surface area contributed by atoms with Gasteiger partial charge in [0.25, 0.3) is 15.7 Å². The van der Waals surface area contributed by atoms with Crippen molar-refractivity contribution in [2.24, 2.45) is 0 Å². The summed E-state index contributed by atoms with van der Waals surface area (Å²) in [5.74, 6) is -0.128.